The fraction of sp³-hybridized carbons (Fsp3) is 0.192. The van der Waals surface area contributed by atoms with Gasteiger partial charge in [0.25, 0.3) is 10.0 Å². The minimum absolute atomic E-state index is 0.0239. The quantitative estimate of drug-likeness (QED) is 0.398. The standard InChI is InChI=1S/C26H26N2O5S/c1-18-9-12-25(22(15-18)19-7-5-4-6-8-19)34(30,31)27-26(29)24-16-20-10-11-21(17-23(20)33-24)28(2)13-14-32-3/h4-12,15-17H,13-14H2,1-3H3,(H,27,29). The molecule has 4 rings (SSSR count). The Balaban J connectivity index is 1.61. The lowest BCUT2D eigenvalue weighted by Gasteiger charge is -2.18. The molecule has 0 unspecified atom stereocenters. The highest BCUT2D eigenvalue weighted by Crippen LogP contribution is 2.29. The molecule has 0 atom stereocenters. The molecule has 0 aliphatic carbocycles. The fourth-order valence-corrected chi connectivity index (χ4v) is 4.84. The highest BCUT2D eigenvalue weighted by Gasteiger charge is 2.24. The van der Waals surface area contributed by atoms with E-state index in [-0.39, 0.29) is 10.7 Å². The van der Waals surface area contributed by atoms with Gasteiger partial charge < -0.3 is 14.1 Å². The van der Waals surface area contributed by atoms with Gasteiger partial charge in [0.1, 0.15) is 5.58 Å². The number of fused-ring (bicyclic) bond motifs is 1. The van der Waals surface area contributed by atoms with E-state index < -0.39 is 15.9 Å². The van der Waals surface area contributed by atoms with Crippen molar-refractivity contribution >= 4 is 32.6 Å². The van der Waals surface area contributed by atoms with Crippen molar-refractivity contribution in [3.63, 3.8) is 0 Å². The van der Waals surface area contributed by atoms with Crippen LogP contribution in [0.15, 0.2) is 82.1 Å². The van der Waals surface area contributed by atoms with Crippen molar-refractivity contribution in [1.29, 1.82) is 0 Å². The van der Waals surface area contributed by atoms with E-state index in [1.54, 1.807) is 19.2 Å². The Morgan fingerprint density at radius 3 is 2.53 bits per heavy atom. The van der Waals surface area contributed by atoms with Gasteiger partial charge in [-0.05, 0) is 36.8 Å². The highest BCUT2D eigenvalue weighted by atomic mass is 32.2. The first kappa shape index (κ1) is 23.5. The van der Waals surface area contributed by atoms with E-state index in [9.17, 15) is 13.2 Å². The smallest absolute Gasteiger partial charge is 0.300 e. The van der Waals surface area contributed by atoms with Crippen molar-refractivity contribution in [1.82, 2.24) is 4.72 Å². The number of likely N-dealkylation sites (N-methyl/N-ethyl adjacent to an activating group) is 1. The summed E-state index contributed by atoms with van der Waals surface area (Å²) in [6.07, 6.45) is 0. The van der Waals surface area contributed by atoms with Crippen LogP contribution < -0.4 is 9.62 Å². The number of nitrogens with zero attached hydrogens (tertiary/aromatic N) is 1. The molecule has 0 bridgehead atoms. The number of nitrogens with one attached hydrogen (secondary N) is 1. The van der Waals surface area contributed by atoms with Crippen molar-refractivity contribution < 1.29 is 22.4 Å². The van der Waals surface area contributed by atoms with Crippen LogP contribution >= 0.6 is 0 Å². The summed E-state index contributed by atoms with van der Waals surface area (Å²) in [5.41, 5.74) is 3.56. The number of amides is 1. The Morgan fingerprint density at radius 1 is 1.03 bits per heavy atom. The van der Waals surface area contributed by atoms with Crippen LogP contribution in [0, 0.1) is 6.92 Å². The molecule has 0 saturated heterocycles. The van der Waals surface area contributed by atoms with Crippen LogP contribution in [0.2, 0.25) is 0 Å². The molecule has 0 saturated carbocycles. The number of hydrogen-bond donors (Lipinski definition) is 1. The zero-order valence-corrected chi connectivity index (χ0v) is 20.1. The van der Waals surface area contributed by atoms with Crippen molar-refractivity contribution in [2.45, 2.75) is 11.8 Å². The van der Waals surface area contributed by atoms with Crippen LogP contribution in [0.1, 0.15) is 16.1 Å². The zero-order chi connectivity index (χ0) is 24.3. The highest BCUT2D eigenvalue weighted by molar-refractivity contribution is 7.90. The molecule has 1 N–H and O–H groups in total. The number of benzene rings is 3. The Hall–Kier alpha value is -3.62. The lowest BCUT2D eigenvalue weighted by Crippen LogP contribution is -2.30. The average molecular weight is 479 g/mol. The van der Waals surface area contributed by atoms with Crippen LogP contribution in [0.5, 0.6) is 0 Å². The summed E-state index contributed by atoms with van der Waals surface area (Å²) in [5.74, 6) is -0.909. The molecule has 0 radical (unpaired) electrons. The molecule has 1 amide bonds. The number of carbonyl (C=O) groups is 1. The molecule has 1 aromatic heterocycles. The van der Waals surface area contributed by atoms with Crippen LogP contribution in [0.25, 0.3) is 22.1 Å². The number of anilines is 1. The van der Waals surface area contributed by atoms with E-state index in [0.717, 1.165) is 16.8 Å². The van der Waals surface area contributed by atoms with E-state index in [1.165, 1.54) is 12.1 Å². The normalized spacial score (nSPS) is 11.5. The third-order valence-electron chi connectivity index (χ3n) is 5.54. The molecule has 0 aliphatic heterocycles. The van der Waals surface area contributed by atoms with E-state index in [0.29, 0.717) is 29.7 Å². The molecule has 34 heavy (non-hydrogen) atoms. The fourth-order valence-electron chi connectivity index (χ4n) is 3.68. The first-order chi connectivity index (χ1) is 16.3. The molecular formula is C26H26N2O5S. The predicted molar refractivity (Wildman–Crippen MR) is 133 cm³/mol. The van der Waals surface area contributed by atoms with Crippen molar-refractivity contribution in [2.75, 3.05) is 32.2 Å². The number of ether oxygens (including phenoxy) is 1. The maximum atomic E-state index is 13.2. The van der Waals surface area contributed by atoms with Gasteiger partial charge in [-0.15, -0.1) is 0 Å². The Bertz CT molecular complexity index is 1430. The minimum Gasteiger partial charge on any atom is -0.451 e. The van der Waals surface area contributed by atoms with Gasteiger partial charge in [-0.25, -0.2) is 13.1 Å². The van der Waals surface area contributed by atoms with E-state index in [4.69, 9.17) is 9.15 Å². The lowest BCUT2D eigenvalue weighted by atomic mass is 10.0. The molecule has 8 heteroatoms. The number of aryl methyl sites for hydroxylation is 1. The van der Waals surface area contributed by atoms with E-state index in [2.05, 4.69) is 4.72 Å². The Labute approximate surface area is 199 Å². The number of hydrogen-bond acceptors (Lipinski definition) is 6. The van der Waals surface area contributed by atoms with E-state index >= 15 is 0 Å². The molecule has 176 valence electrons. The molecule has 0 spiro atoms. The van der Waals surface area contributed by atoms with Gasteiger partial charge in [-0.1, -0.05) is 48.0 Å². The third-order valence-corrected chi connectivity index (χ3v) is 6.92. The minimum atomic E-state index is -4.15. The largest absolute Gasteiger partial charge is 0.451 e. The van der Waals surface area contributed by atoms with Gasteiger partial charge in [0, 0.05) is 43.4 Å². The van der Waals surface area contributed by atoms with Gasteiger partial charge >= 0.3 is 5.91 Å². The van der Waals surface area contributed by atoms with Crippen molar-refractivity contribution in [2.24, 2.45) is 0 Å². The van der Waals surface area contributed by atoms with Gasteiger partial charge in [0.2, 0.25) is 0 Å². The summed E-state index contributed by atoms with van der Waals surface area (Å²) in [5, 5.41) is 0.701. The number of carbonyl (C=O) groups excluding carboxylic acids is 1. The molecule has 7 nitrogen and oxygen atoms in total. The van der Waals surface area contributed by atoms with Gasteiger partial charge in [-0.2, -0.15) is 0 Å². The molecule has 1 heterocycles. The summed E-state index contributed by atoms with van der Waals surface area (Å²) in [6.45, 7) is 3.15. The number of sulfonamides is 1. The van der Waals surface area contributed by atoms with Crippen molar-refractivity contribution in [3.8, 4) is 11.1 Å². The number of methoxy groups -OCH3 is 1. The van der Waals surface area contributed by atoms with Crippen molar-refractivity contribution in [3.05, 3.63) is 84.1 Å². The molecule has 0 fully saturated rings. The average Bonchev–Trinajstić information content (AvgIpc) is 3.26. The summed E-state index contributed by atoms with van der Waals surface area (Å²) in [6, 6.07) is 21.3. The van der Waals surface area contributed by atoms with E-state index in [1.807, 2.05) is 67.4 Å². The Kier molecular flexibility index (Phi) is 6.72. The maximum Gasteiger partial charge on any atom is 0.300 e. The third kappa shape index (κ3) is 4.98. The first-order valence-electron chi connectivity index (χ1n) is 10.8. The topological polar surface area (TPSA) is 88.9 Å². The van der Waals surface area contributed by atoms with Crippen LogP contribution in [-0.2, 0) is 14.8 Å². The van der Waals surface area contributed by atoms with Gasteiger partial charge in [0.15, 0.2) is 5.76 Å². The summed E-state index contributed by atoms with van der Waals surface area (Å²) in [4.78, 5) is 14.9. The number of furan rings is 1. The second kappa shape index (κ2) is 9.70. The molecule has 3 aromatic carbocycles. The zero-order valence-electron chi connectivity index (χ0n) is 19.2. The monoisotopic (exact) mass is 478 g/mol. The van der Waals surface area contributed by atoms with Crippen LogP contribution in [-0.4, -0.2) is 41.6 Å². The first-order valence-corrected chi connectivity index (χ1v) is 12.2. The SMILES string of the molecule is COCCN(C)c1ccc2cc(C(=O)NS(=O)(=O)c3ccc(C)cc3-c3ccccc3)oc2c1. The molecule has 0 aliphatic rings. The van der Waals surface area contributed by atoms with Crippen LogP contribution in [0.4, 0.5) is 5.69 Å². The second-order valence-electron chi connectivity index (χ2n) is 8.05. The van der Waals surface area contributed by atoms with Gasteiger partial charge in [0.05, 0.1) is 11.5 Å². The Morgan fingerprint density at radius 2 is 1.79 bits per heavy atom. The number of rotatable bonds is 8. The summed E-state index contributed by atoms with van der Waals surface area (Å²) < 4.78 is 39.3. The maximum absolute atomic E-state index is 13.2. The summed E-state index contributed by atoms with van der Waals surface area (Å²) in [7, 11) is -0.588. The van der Waals surface area contributed by atoms with Gasteiger partial charge in [-0.3, -0.25) is 4.79 Å². The second-order valence-corrected chi connectivity index (χ2v) is 9.70. The van der Waals surface area contributed by atoms with Crippen LogP contribution in [0.3, 0.4) is 0 Å². The summed E-state index contributed by atoms with van der Waals surface area (Å²) >= 11 is 0. The molecule has 4 aromatic rings. The predicted octanol–water partition coefficient (Wildman–Crippen LogP) is 4.61. The molecular weight excluding hydrogens is 452 g/mol. The lowest BCUT2D eigenvalue weighted by molar-refractivity contribution is 0.0956.